The molecule has 3 rings (SSSR count). The molecule has 0 unspecified atom stereocenters. The highest BCUT2D eigenvalue weighted by Gasteiger charge is 2.05. The van der Waals surface area contributed by atoms with Crippen LogP contribution in [0.15, 0.2) is 57.6 Å². The summed E-state index contributed by atoms with van der Waals surface area (Å²) < 4.78 is 23.5. The molecule has 0 saturated carbocycles. The van der Waals surface area contributed by atoms with Crippen molar-refractivity contribution in [3.63, 3.8) is 0 Å². The van der Waals surface area contributed by atoms with Crippen LogP contribution in [0.3, 0.4) is 0 Å². The Hall–Kier alpha value is -2.40. The van der Waals surface area contributed by atoms with Gasteiger partial charge in [0.1, 0.15) is 23.1 Å². The zero-order valence-corrected chi connectivity index (χ0v) is 10.7. The van der Waals surface area contributed by atoms with Crippen molar-refractivity contribution in [2.24, 2.45) is 0 Å². The summed E-state index contributed by atoms with van der Waals surface area (Å²) in [4.78, 5) is 0. The number of benzene rings is 1. The van der Waals surface area contributed by atoms with Crippen molar-refractivity contribution in [1.29, 1.82) is 0 Å². The first kappa shape index (κ1) is 12.6. The summed E-state index contributed by atoms with van der Waals surface area (Å²) in [6.45, 7) is 1.18. The van der Waals surface area contributed by atoms with Gasteiger partial charge >= 0.3 is 0 Å². The Labute approximate surface area is 115 Å². The summed E-state index contributed by atoms with van der Waals surface area (Å²) in [5.74, 6) is 2.05. The first-order valence-corrected chi connectivity index (χ1v) is 6.26. The molecule has 0 aliphatic carbocycles. The van der Waals surface area contributed by atoms with E-state index < -0.39 is 0 Å². The Morgan fingerprint density at radius 3 is 2.50 bits per heavy atom. The number of halogens is 1. The van der Waals surface area contributed by atoms with E-state index in [2.05, 4.69) is 10.5 Å². The maximum absolute atomic E-state index is 12.9. The van der Waals surface area contributed by atoms with Gasteiger partial charge in [0.25, 0.3) is 0 Å². The topological polar surface area (TPSA) is 51.2 Å². The average Bonchev–Trinajstić information content (AvgIpc) is 3.11. The quantitative estimate of drug-likeness (QED) is 0.773. The fourth-order valence-electron chi connectivity index (χ4n) is 1.88. The van der Waals surface area contributed by atoms with Crippen LogP contribution in [0.5, 0.6) is 0 Å². The van der Waals surface area contributed by atoms with E-state index in [0.29, 0.717) is 13.1 Å². The van der Waals surface area contributed by atoms with Crippen molar-refractivity contribution >= 4 is 0 Å². The molecule has 1 aromatic carbocycles. The zero-order valence-electron chi connectivity index (χ0n) is 10.7. The number of aromatic nitrogens is 1. The Kier molecular flexibility index (Phi) is 3.60. The Balaban J connectivity index is 1.60. The average molecular weight is 272 g/mol. The van der Waals surface area contributed by atoms with Crippen LogP contribution < -0.4 is 5.32 Å². The van der Waals surface area contributed by atoms with Crippen molar-refractivity contribution < 1.29 is 13.3 Å². The second-order valence-corrected chi connectivity index (χ2v) is 4.36. The number of furan rings is 1. The number of hydrogen-bond donors (Lipinski definition) is 1. The normalized spacial score (nSPS) is 10.8. The maximum atomic E-state index is 12.9. The molecule has 0 amide bonds. The third-order valence-electron chi connectivity index (χ3n) is 2.88. The van der Waals surface area contributed by atoms with Crippen LogP contribution in [0.4, 0.5) is 4.39 Å². The minimum atomic E-state index is -0.255. The lowest BCUT2D eigenvalue weighted by Crippen LogP contribution is -2.11. The van der Waals surface area contributed by atoms with Gasteiger partial charge in [-0.3, -0.25) is 0 Å². The first-order chi connectivity index (χ1) is 9.81. The van der Waals surface area contributed by atoms with E-state index in [4.69, 9.17) is 8.94 Å². The van der Waals surface area contributed by atoms with Gasteiger partial charge in [-0.05, 0) is 36.4 Å². The maximum Gasteiger partial charge on any atom is 0.150 e. The van der Waals surface area contributed by atoms with Gasteiger partial charge in [-0.2, -0.15) is 0 Å². The van der Waals surface area contributed by atoms with Gasteiger partial charge in [-0.25, -0.2) is 4.39 Å². The van der Waals surface area contributed by atoms with E-state index in [1.165, 1.54) is 12.1 Å². The van der Waals surface area contributed by atoms with Gasteiger partial charge in [-0.1, -0.05) is 5.16 Å². The van der Waals surface area contributed by atoms with Gasteiger partial charge in [0.2, 0.25) is 0 Å². The van der Waals surface area contributed by atoms with Gasteiger partial charge in [-0.15, -0.1) is 0 Å². The molecule has 1 N–H and O–H groups in total. The van der Waals surface area contributed by atoms with E-state index in [0.717, 1.165) is 22.8 Å². The summed E-state index contributed by atoms with van der Waals surface area (Å²) in [6, 6.07) is 11.8. The standard InChI is InChI=1S/C15H13FN2O2/c16-12-3-1-11(2-4-12)15-6-5-13(19-15)9-17-10-14-7-8-18-20-14/h1-8,17H,9-10H2. The number of hydrogen-bond acceptors (Lipinski definition) is 4. The Morgan fingerprint density at radius 2 is 1.75 bits per heavy atom. The van der Waals surface area contributed by atoms with Gasteiger partial charge in [0.05, 0.1) is 19.3 Å². The molecule has 0 aliphatic rings. The molecule has 0 bridgehead atoms. The Morgan fingerprint density at radius 1 is 0.950 bits per heavy atom. The molecular formula is C15H13FN2O2. The molecule has 5 heteroatoms. The smallest absolute Gasteiger partial charge is 0.150 e. The fourth-order valence-corrected chi connectivity index (χ4v) is 1.88. The van der Waals surface area contributed by atoms with Crippen LogP contribution in [0, 0.1) is 5.82 Å². The highest BCUT2D eigenvalue weighted by Crippen LogP contribution is 2.22. The summed E-state index contributed by atoms with van der Waals surface area (Å²) in [5.41, 5.74) is 0.855. The van der Waals surface area contributed by atoms with Crippen LogP contribution in [0.25, 0.3) is 11.3 Å². The van der Waals surface area contributed by atoms with E-state index in [1.807, 2.05) is 12.1 Å². The molecule has 0 saturated heterocycles. The molecular weight excluding hydrogens is 259 g/mol. The lowest BCUT2D eigenvalue weighted by molar-refractivity contribution is 0.369. The molecule has 2 aromatic heterocycles. The van der Waals surface area contributed by atoms with Crippen LogP contribution >= 0.6 is 0 Å². The summed E-state index contributed by atoms with van der Waals surface area (Å²) in [7, 11) is 0. The largest absolute Gasteiger partial charge is 0.460 e. The summed E-state index contributed by atoms with van der Waals surface area (Å²) in [5, 5.41) is 6.82. The third kappa shape index (κ3) is 2.95. The predicted molar refractivity (Wildman–Crippen MR) is 71.1 cm³/mol. The Bertz CT molecular complexity index is 660. The molecule has 20 heavy (non-hydrogen) atoms. The van der Waals surface area contributed by atoms with E-state index in [-0.39, 0.29) is 5.82 Å². The molecule has 2 heterocycles. The molecule has 4 nitrogen and oxygen atoms in total. The monoisotopic (exact) mass is 272 g/mol. The highest BCUT2D eigenvalue weighted by molar-refractivity contribution is 5.57. The second-order valence-electron chi connectivity index (χ2n) is 4.36. The molecule has 0 atom stereocenters. The molecule has 3 aromatic rings. The predicted octanol–water partition coefficient (Wildman–Crippen LogP) is 3.36. The van der Waals surface area contributed by atoms with E-state index in [9.17, 15) is 4.39 Å². The van der Waals surface area contributed by atoms with Crippen molar-refractivity contribution in [3.8, 4) is 11.3 Å². The zero-order chi connectivity index (χ0) is 13.8. The molecule has 102 valence electrons. The minimum absolute atomic E-state index is 0.255. The van der Waals surface area contributed by atoms with Crippen molar-refractivity contribution in [1.82, 2.24) is 10.5 Å². The second kappa shape index (κ2) is 5.71. The van der Waals surface area contributed by atoms with Gasteiger partial charge in [0.15, 0.2) is 0 Å². The van der Waals surface area contributed by atoms with Crippen LogP contribution in [-0.2, 0) is 13.1 Å². The lowest BCUT2D eigenvalue weighted by Gasteiger charge is -2.00. The third-order valence-corrected chi connectivity index (χ3v) is 2.88. The number of nitrogens with one attached hydrogen (secondary N) is 1. The van der Waals surface area contributed by atoms with Crippen LogP contribution in [0.1, 0.15) is 11.5 Å². The highest BCUT2D eigenvalue weighted by atomic mass is 19.1. The molecule has 0 aliphatic heterocycles. The van der Waals surface area contributed by atoms with Crippen molar-refractivity contribution in [2.45, 2.75) is 13.1 Å². The van der Waals surface area contributed by atoms with E-state index >= 15 is 0 Å². The molecule has 0 fully saturated rings. The van der Waals surface area contributed by atoms with E-state index in [1.54, 1.807) is 24.4 Å². The SMILES string of the molecule is Fc1ccc(-c2ccc(CNCc3ccno3)o2)cc1. The number of nitrogens with zero attached hydrogens (tertiary/aromatic N) is 1. The molecule has 0 radical (unpaired) electrons. The number of rotatable bonds is 5. The molecule has 0 spiro atoms. The lowest BCUT2D eigenvalue weighted by atomic mass is 10.2. The summed E-state index contributed by atoms with van der Waals surface area (Å²) in [6.07, 6.45) is 1.61. The van der Waals surface area contributed by atoms with Gasteiger partial charge in [0, 0.05) is 11.6 Å². The van der Waals surface area contributed by atoms with Crippen molar-refractivity contribution in [3.05, 3.63) is 66.0 Å². The van der Waals surface area contributed by atoms with Gasteiger partial charge < -0.3 is 14.3 Å². The van der Waals surface area contributed by atoms with Crippen molar-refractivity contribution in [2.75, 3.05) is 0 Å². The minimum Gasteiger partial charge on any atom is -0.460 e. The van der Waals surface area contributed by atoms with Crippen LogP contribution in [-0.4, -0.2) is 5.16 Å². The fraction of sp³-hybridized carbons (Fsp3) is 0.133. The first-order valence-electron chi connectivity index (χ1n) is 6.26. The summed E-state index contributed by atoms with van der Waals surface area (Å²) >= 11 is 0. The van der Waals surface area contributed by atoms with Crippen LogP contribution in [0.2, 0.25) is 0 Å².